The highest BCUT2D eigenvalue weighted by Crippen LogP contribution is 2.26. The summed E-state index contributed by atoms with van der Waals surface area (Å²) in [5.41, 5.74) is 11.1. The molecular formula is C16H22N2. The molecule has 2 aliphatic rings. The van der Waals surface area contributed by atoms with Crippen LogP contribution in [-0.2, 0) is 6.42 Å². The fourth-order valence-corrected chi connectivity index (χ4v) is 3.10. The van der Waals surface area contributed by atoms with E-state index in [1.807, 2.05) is 6.07 Å². The third-order valence-electron chi connectivity index (χ3n) is 4.12. The molecule has 0 unspecified atom stereocenters. The first-order chi connectivity index (χ1) is 8.81. The Kier molecular flexibility index (Phi) is 3.37. The van der Waals surface area contributed by atoms with Gasteiger partial charge in [-0.05, 0) is 62.0 Å². The Bertz CT molecular complexity index is 456. The van der Waals surface area contributed by atoms with Crippen LogP contribution in [0.25, 0.3) is 6.08 Å². The average Bonchev–Trinajstić information content (AvgIpc) is 2.40. The highest BCUT2D eigenvalue weighted by Gasteiger charge is 2.15. The molecule has 3 rings (SSSR count). The van der Waals surface area contributed by atoms with Crippen LogP contribution in [0.1, 0.15) is 36.8 Å². The molecule has 0 bridgehead atoms. The quantitative estimate of drug-likeness (QED) is 0.808. The lowest BCUT2D eigenvalue weighted by molar-refractivity contribution is 0.245. The van der Waals surface area contributed by atoms with E-state index in [0.29, 0.717) is 0 Å². The van der Waals surface area contributed by atoms with Crippen molar-refractivity contribution in [3.8, 4) is 0 Å². The lowest BCUT2D eigenvalue weighted by atomic mass is 9.91. The average molecular weight is 242 g/mol. The van der Waals surface area contributed by atoms with Crippen LogP contribution < -0.4 is 5.73 Å². The van der Waals surface area contributed by atoms with Crippen LogP contribution in [0.5, 0.6) is 0 Å². The van der Waals surface area contributed by atoms with Crippen LogP contribution in [0, 0.1) is 0 Å². The molecule has 1 fully saturated rings. The fraction of sp³-hybridized carbons (Fsp3) is 0.500. The molecule has 2 nitrogen and oxygen atoms in total. The summed E-state index contributed by atoms with van der Waals surface area (Å²) in [7, 11) is 0. The number of piperidine rings is 1. The predicted molar refractivity (Wildman–Crippen MR) is 77.4 cm³/mol. The van der Waals surface area contributed by atoms with Crippen molar-refractivity contribution in [3.05, 3.63) is 34.9 Å². The molecule has 0 atom stereocenters. The van der Waals surface area contributed by atoms with Crippen molar-refractivity contribution >= 4 is 11.8 Å². The third-order valence-corrected chi connectivity index (χ3v) is 4.12. The molecule has 2 heteroatoms. The first-order valence-electron chi connectivity index (χ1n) is 7.11. The zero-order valence-electron chi connectivity index (χ0n) is 11.0. The number of benzene rings is 1. The van der Waals surface area contributed by atoms with E-state index in [-0.39, 0.29) is 0 Å². The van der Waals surface area contributed by atoms with Crippen LogP contribution in [-0.4, -0.2) is 24.5 Å². The summed E-state index contributed by atoms with van der Waals surface area (Å²) < 4.78 is 0. The number of nitrogens with two attached hydrogens (primary N) is 1. The number of aryl methyl sites for hydroxylation is 1. The number of rotatable bonds is 2. The monoisotopic (exact) mass is 242 g/mol. The van der Waals surface area contributed by atoms with E-state index in [4.69, 9.17) is 5.73 Å². The molecule has 0 aromatic heterocycles. The number of nitrogens with zero attached hydrogens (tertiary/aromatic N) is 1. The van der Waals surface area contributed by atoms with Gasteiger partial charge in [-0.1, -0.05) is 24.1 Å². The van der Waals surface area contributed by atoms with Crippen LogP contribution in [0.4, 0.5) is 5.69 Å². The first-order valence-corrected chi connectivity index (χ1v) is 7.11. The van der Waals surface area contributed by atoms with Gasteiger partial charge in [-0.15, -0.1) is 0 Å². The van der Waals surface area contributed by atoms with E-state index in [0.717, 1.165) is 12.1 Å². The summed E-state index contributed by atoms with van der Waals surface area (Å²) >= 11 is 0. The van der Waals surface area contributed by atoms with E-state index >= 15 is 0 Å². The molecule has 0 radical (unpaired) electrons. The van der Waals surface area contributed by atoms with Crippen molar-refractivity contribution in [2.75, 3.05) is 25.4 Å². The van der Waals surface area contributed by atoms with E-state index < -0.39 is 0 Å². The van der Waals surface area contributed by atoms with Gasteiger partial charge in [-0.3, -0.25) is 4.90 Å². The maximum atomic E-state index is 5.84. The van der Waals surface area contributed by atoms with Crippen LogP contribution in [0.2, 0.25) is 0 Å². The van der Waals surface area contributed by atoms with Gasteiger partial charge in [0, 0.05) is 12.2 Å². The number of hydrogen-bond acceptors (Lipinski definition) is 2. The molecule has 18 heavy (non-hydrogen) atoms. The summed E-state index contributed by atoms with van der Waals surface area (Å²) in [6.07, 6.45) is 8.90. The summed E-state index contributed by atoms with van der Waals surface area (Å²) in [6, 6.07) is 6.31. The summed E-state index contributed by atoms with van der Waals surface area (Å²) in [5.74, 6) is 0. The Morgan fingerprint density at radius 1 is 1.06 bits per heavy atom. The topological polar surface area (TPSA) is 29.3 Å². The Morgan fingerprint density at radius 2 is 1.89 bits per heavy atom. The van der Waals surface area contributed by atoms with E-state index in [1.165, 1.54) is 56.4 Å². The van der Waals surface area contributed by atoms with Gasteiger partial charge in [0.1, 0.15) is 0 Å². The first kappa shape index (κ1) is 11.8. The minimum absolute atomic E-state index is 0.890. The number of fused-ring (bicyclic) bond motifs is 1. The van der Waals surface area contributed by atoms with Gasteiger partial charge in [-0.2, -0.15) is 0 Å². The zero-order valence-corrected chi connectivity index (χ0v) is 11.0. The highest BCUT2D eigenvalue weighted by molar-refractivity contribution is 5.63. The summed E-state index contributed by atoms with van der Waals surface area (Å²) in [4.78, 5) is 2.61. The summed E-state index contributed by atoms with van der Waals surface area (Å²) in [6.45, 7) is 3.74. The van der Waals surface area contributed by atoms with Crippen molar-refractivity contribution in [1.82, 2.24) is 4.90 Å². The second-order valence-corrected chi connectivity index (χ2v) is 5.60. The van der Waals surface area contributed by atoms with Crippen molar-refractivity contribution in [3.63, 3.8) is 0 Å². The van der Waals surface area contributed by atoms with Gasteiger partial charge in [0.2, 0.25) is 0 Å². The molecular weight excluding hydrogens is 220 g/mol. The molecule has 1 aromatic carbocycles. The number of hydrogen-bond donors (Lipinski definition) is 1. The van der Waals surface area contributed by atoms with Crippen molar-refractivity contribution in [1.29, 1.82) is 0 Å². The Hall–Kier alpha value is -1.28. The van der Waals surface area contributed by atoms with Crippen molar-refractivity contribution in [2.45, 2.75) is 32.1 Å². The SMILES string of the molecule is Nc1ccc2c(c1)CCC(CN1CCCCC1)=C2. The molecule has 0 saturated carbocycles. The Labute approximate surface area is 109 Å². The number of nitrogen functional groups attached to an aromatic ring is 1. The smallest absolute Gasteiger partial charge is 0.0317 e. The molecule has 1 heterocycles. The van der Waals surface area contributed by atoms with Crippen molar-refractivity contribution < 1.29 is 0 Å². The second kappa shape index (κ2) is 5.15. The predicted octanol–water partition coefficient (Wildman–Crippen LogP) is 3.08. The van der Waals surface area contributed by atoms with E-state index in [2.05, 4.69) is 23.1 Å². The normalized spacial score (nSPS) is 20.3. The largest absolute Gasteiger partial charge is 0.399 e. The fourth-order valence-electron chi connectivity index (χ4n) is 3.10. The Balaban J connectivity index is 1.72. The summed E-state index contributed by atoms with van der Waals surface area (Å²) in [5, 5.41) is 0. The lowest BCUT2D eigenvalue weighted by Gasteiger charge is -2.28. The maximum absolute atomic E-state index is 5.84. The molecule has 1 aromatic rings. The minimum atomic E-state index is 0.890. The van der Waals surface area contributed by atoms with Gasteiger partial charge in [0.15, 0.2) is 0 Å². The maximum Gasteiger partial charge on any atom is 0.0317 e. The number of anilines is 1. The van der Waals surface area contributed by atoms with E-state index in [1.54, 1.807) is 5.57 Å². The number of likely N-dealkylation sites (tertiary alicyclic amines) is 1. The molecule has 1 saturated heterocycles. The Morgan fingerprint density at radius 3 is 2.72 bits per heavy atom. The van der Waals surface area contributed by atoms with Crippen molar-refractivity contribution in [2.24, 2.45) is 0 Å². The van der Waals surface area contributed by atoms with Crippen LogP contribution >= 0.6 is 0 Å². The zero-order chi connectivity index (χ0) is 12.4. The molecule has 0 amide bonds. The molecule has 0 spiro atoms. The molecule has 96 valence electrons. The minimum Gasteiger partial charge on any atom is -0.399 e. The van der Waals surface area contributed by atoms with Gasteiger partial charge >= 0.3 is 0 Å². The van der Waals surface area contributed by atoms with Gasteiger partial charge < -0.3 is 5.73 Å². The van der Waals surface area contributed by atoms with Gasteiger partial charge in [-0.25, -0.2) is 0 Å². The molecule has 1 aliphatic heterocycles. The molecule has 1 aliphatic carbocycles. The highest BCUT2D eigenvalue weighted by atomic mass is 15.1. The van der Waals surface area contributed by atoms with Crippen LogP contribution in [0.15, 0.2) is 23.8 Å². The second-order valence-electron chi connectivity index (χ2n) is 5.60. The standard InChI is InChI=1S/C16H22N2/c17-16-7-6-14-10-13(4-5-15(14)11-16)12-18-8-2-1-3-9-18/h6-7,10-11H,1-5,8-9,12,17H2. The molecule has 2 N–H and O–H groups in total. The van der Waals surface area contributed by atoms with Gasteiger partial charge in [0.05, 0.1) is 0 Å². The lowest BCUT2D eigenvalue weighted by Crippen LogP contribution is -2.31. The van der Waals surface area contributed by atoms with Crippen LogP contribution in [0.3, 0.4) is 0 Å². The van der Waals surface area contributed by atoms with E-state index in [9.17, 15) is 0 Å². The third kappa shape index (κ3) is 2.59. The van der Waals surface area contributed by atoms with Gasteiger partial charge in [0.25, 0.3) is 0 Å².